The molecule has 18 heavy (non-hydrogen) atoms. The number of nitrogens with one attached hydrogen (secondary N) is 1. The largest absolute Gasteiger partial charge is 0.478 e. The molecule has 1 atom stereocenters. The van der Waals surface area contributed by atoms with Gasteiger partial charge in [0.1, 0.15) is 5.56 Å². The van der Waals surface area contributed by atoms with Crippen molar-refractivity contribution in [2.45, 2.75) is 19.5 Å². The first-order chi connectivity index (χ1) is 8.66. The summed E-state index contributed by atoms with van der Waals surface area (Å²) in [6.07, 6.45) is 6.48. The second kappa shape index (κ2) is 5.31. The zero-order valence-corrected chi connectivity index (χ0v) is 9.95. The van der Waals surface area contributed by atoms with Gasteiger partial charge in [0, 0.05) is 30.8 Å². The number of hydrogen-bond donors (Lipinski definition) is 2. The van der Waals surface area contributed by atoms with E-state index >= 15 is 0 Å². The molecule has 0 saturated heterocycles. The van der Waals surface area contributed by atoms with E-state index in [0.29, 0.717) is 12.2 Å². The van der Waals surface area contributed by atoms with E-state index in [0.717, 1.165) is 0 Å². The van der Waals surface area contributed by atoms with E-state index < -0.39 is 5.97 Å². The van der Waals surface area contributed by atoms with Crippen LogP contribution in [0.4, 0.5) is 5.69 Å². The Labute approximate surface area is 104 Å². The van der Waals surface area contributed by atoms with Crippen molar-refractivity contribution in [2.75, 3.05) is 5.32 Å². The Balaban J connectivity index is 2.07. The van der Waals surface area contributed by atoms with E-state index in [1.807, 2.05) is 19.2 Å². The van der Waals surface area contributed by atoms with Gasteiger partial charge in [0.05, 0.1) is 12.2 Å². The maximum Gasteiger partial charge on any atom is 0.339 e. The summed E-state index contributed by atoms with van der Waals surface area (Å²) in [5, 5.41) is 16.3. The van der Waals surface area contributed by atoms with E-state index in [9.17, 15) is 4.79 Å². The van der Waals surface area contributed by atoms with Crippen LogP contribution in [-0.2, 0) is 6.54 Å². The lowest BCUT2D eigenvalue weighted by molar-refractivity contribution is 0.0697. The van der Waals surface area contributed by atoms with Gasteiger partial charge in [0.2, 0.25) is 0 Å². The maximum atomic E-state index is 11.0. The average Bonchev–Trinajstić information content (AvgIpc) is 2.82. The van der Waals surface area contributed by atoms with Gasteiger partial charge in [-0.05, 0) is 19.1 Å². The van der Waals surface area contributed by atoms with Crippen LogP contribution in [0.2, 0.25) is 0 Å². The third kappa shape index (κ3) is 2.85. The van der Waals surface area contributed by atoms with E-state index in [-0.39, 0.29) is 11.6 Å². The minimum Gasteiger partial charge on any atom is -0.478 e. The molecule has 94 valence electrons. The predicted octanol–water partition coefficient (Wildman–Crippen LogP) is 1.48. The second-order valence-corrected chi connectivity index (χ2v) is 4.00. The topological polar surface area (TPSA) is 80.0 Å². The van der Waals surface area contributed by atoms with Crippen LogP contribution in [0.3, 0.4) is 0 Å². The number of anilines is 1. The molecule has 6 heteroatoms. The van der Waals surface area contributed by atoms with Gasteiger partial charge in [0.15, 0.2) is 0 Å². The summed E-state index contributed by atoms with van der Waals surface area (Å²) < 4.78 is 1.79. The first-order valence-electron chi connectivity index (χ1n) is 5.58. The van der Waals surface area contributed by atoms with E-state index in [1.165, 1.54) is 6.20 Å². The lowest BCUT2D eigenvalue weighted by atomic mass is 10.2. The number of pyridine rings is 1. The molecular formula is C12H14N4O2. The SMILES string of the molecule is CC(Cn1cccn1)Nc1ccncc1C(=O)O. The molecule has 0 spiro atoms. The van der Waals surface area contributed by atoms with E-state index in [2.05, 4.69) is 15.4 Å². The number of nitrogens with zero attached hydrogens (tertiary/aromatic N) is 3. The summed E-state index contributed by atoms with van der Waals surface area (Å²) in [6.45, 7) is 2.63. The first kappa shape index (κ1) is 12.1. The third-order valence-corrected chi connectivity index (χ3v) is 2.47. The van der Waals surface area contributed by atoms with Crippen LogP contribution in [0.1, 0.15) is 17.3 Å². The van der Waals surface area contributed by atoms with Gasteiger partial charge in [-0.2, -0.15) is 5.10 Å². The van der Waals surface area contributed by atoms with E-state index in [4.69, 9.17) is 5.11 Å². The molecule has 6 nitrogen and oxygen atoms in total. The summed E-state index contributed by atoms with van der Waals surface area (Å²) in [5.74, 6) is -0.989. The molecule has 2 aromatic rings. The molecule has 0 saturated carbocycles. The Kier molecular flexibility index (Phi) is 3.57. The fraction of sp³-hybridized carbons (Fsp3) is 0.250. The molecular weight excluding hydrogens is 232 g/mol. The molecule has 1 unspecified atom stereocenters. The van der Waals surface area contributed by atoms with Gasteiger partial charge in [-0.15, -0.1) is 0 Å². The minimum absolute atomic E-state index is 0.0606. The summed E-state index contributed by atoms with van der Waals surface area (Å²) in [6, 6.07) is 3.57. The number of carboxylic acid groups (broad SMARTS) is 1. The fourth-order valence-electron chi connectivity index (χ4n) is 1.69. The van der Waals surface area contributed by atoms with Crippen molar-refractivity contribution in [1.29, 1.82) is 0 Å². The molecule has 0 aliphatic carbocycles. The van der Waals surface area contributed by atoms with Gasteiger partial charge in [-0.25, -0.2) is 4.79 Å². The predicted molar refractivity (Wildman–Crippen MR) is 66.5 cm³/mol. The molecule has 0 aliphatic heterocycles. The van der Waals surface area contributed by atoms with Crippen LogP contribution in [0.15, 0.2) is 36.9 Å². The monoisotopic (exact) mass is 246 g/mol. The molecule has 0 amide bonds. The Morgan fingerprint density at radius 2 is 2.39 bits per heavy atom. The number of rotatable bonds is 5. The van der Waals surface area contributed by atoms with Crippen molar-refractivity contribution in [1.82, 2.24) is 14.8 Å². The van der Waals surface area contributed by atoms with E-state index in [1.54, 1.807) is 23.1 Å². The van der Waals surface area contributed by atoms with Gasteiger partial charge in [0.25, 0.3) is 0 Å². The van der Waals surface area contributed by atoms with Crippen molar-refractivity contribution >= 4 is 11.7 Å². The molecule has 0 aliphatic rings. The summed E-state index contributed by atoms with van der Waals surface area (Å²) >= 11 is 0. The number of carbonyl (C=O) groups is 1. The molecule has 0 fully saturated rings. The highest BCUT2D eigenvalue weighted by Crippen LogP contribution is 2.14. The van der Waals surface area contributed by atoms with Crippen molar-refractivity contribution in [3.63, 3.8) is 0 Å². The highest BCUT2D eigenvalue weighted by atomic mass is 16.4. The molecule has 2 heterocycles. The van der Waals surface area contributed by atoms with Gasteiger partial charge < -0.3 is 10.4 Å². The van der Waals surface area contributed by atoms with Crippen molar-refractivity contribution in [3.8, 4) is 0 Å². The number of aromatic nitrogens is 3. The standard InChI is InChI=1S/C12H14N4O2/c1-9(8-16-6-2-4-14-16)15-11-3-5-13-7-10(11)12(17)18/h2-7,9H,8H2,1H3,(H,13,15)(H,17,18). The third-order valence-electron chi connectivity index (χ3n) is 2.47. The Hall–Kier alpha value is -2.37. The highest BCUT2D eigenvalue weighted by molar-refractivity contribution is 5.93. The lowest BCUT2D eigenvalue weighted by Gasteiger charge is -2.16. The van der Waals surface area contributed by atoms with Gasteiger partial charge in [-0.3, -0.25) is 9.67 Å². The van der Waals surface area contributed by atoms with Gasteiger partial charge in [-0.1, -0.05) is 0 Å². The van der Waals surface area contributed by atoms with Crippen LogP contribution in [0, 0.1) is 0 Å². The summed E-state index contributed by atoms with van der Waals surface area (Å²) in [4.78, 5) is 14.8. The first-order valence-corrected chi connectivity index (χ1v) is 5.58. The van der Waals surface area contributed by atoms with Crippen molar-refractivity contribution in [2.24, 2.45) is 0 Å². The van der Waals surface area contributed by atoms with Crippen LogP contribution < -0.4 is 5.32 Å². The Morgan fingerprint density at radius 3 is 3.06 bits per heavy atom. The second-order valence-electron chi connectivity index (χ2n) is 4.00. The Bertz CT molecular complexity index is 525. The normalized spacial score (nSPS) is 12.1. The molecule has 2 aromatic heterocycles. The minimum atomic E-state index is -0.989. The average molecular weight is 246 g/mol. The molecule has 0 radical (unpaired) electrons. The number of aromatic carboxylic acids is 1. The molecule has 0 bridgehead atoms. The molecule has 2 N–H and O–H groups in total. The summed E-state index contributed by atoms with van der Waals surface area (Å²) in [5.41, 5.74) is 0.738. The zero-order chi connectivity index (χ0) is 13.0. The van der Waals surface area contributed by atoms with Crippen molar-refractivity contribution in [3.05, 3.63) is 42.5 Å². The van der Waals surface area contributed by atoms with Crippen LogP contribution in [-0.4, -0.2) is 31.9 Å². The smallest absolute Gasteiger partial charge is 0.339 e. The highest BCUT2D eigenvalue weighted by Gasteiger charge is 2.12. The molecule has 0 aromatic carbocycles. The zero-order valence-electron chi connectivity index (χ0n) is 9.95. The Morgan fingerprint density at radius 1 is 1.56 bits per heavy atom. The van der Waals surface area contributed by atoms with Crippen LogP contribution in [0.5, 0.6) is 0 Å². The van der Waals surface area contributed by atoms with Crippen molar-refractivity contribution < 1.29 is 9.90 Å². The summed E-state index contributed by atoms with van der Waals surface area (Å²) in [7, 11) is 0. The van der Waals surface area contributed by atoms with Crippen LogP contribution >= 0.6 is 0 Å². The number of carboxylic acids is 1. The quantitative estimate of drug-likeness (QED) is 0.835. The van der Waals surface area contributed by atoms with Crippen LogP contribution in [0.25, 0.3) is 0 Å². The molecule has 2 rings (SSSR count). The fourth-order valence-corrected chi connectivity index (χ4v) is 1.69. The van der Waals surface area contributed by atoms with Gasteiger partial charge >= 0.3 is 5.97 Å². The number of hydrogen-bond acceptors (Lipinski definition) is 4. The lowest BCUT2D eigenvalue weighted by Crippen LogP contribution is -2.23. The maximum absolute atomic E-state index is 11.0.